The lowest BCUT2D eigenvalue weighted by atomic mass is 9.33. The van der Waals surface area contributed by atoms with E-state index in [1.165, 1.54) is 151 Å². The molecule has 4 heteroatoms. The molecule has 3 aliphatic heterocycles. The van der Waals surface area contributed by atoms with Crippen LogP contribution in [-0.4, -0.2) is 12.3 Å². The van der Waals surface area contributed by atoms with Crippen molar-refractivity contribution in [1.82, 2.24) is 0 Å². The van der Waals surface area contributed by atoms with Gasteiger partial charge in [0.15, 0.2) is 0 Å². The van der Waals surface area contributed by atoms with Crippen molar-refractivity contribution in [3.8, 4) is 0 Å². The monoisotopic (exact) mass is 1010 g/mol. The highest BCUT2D eigenvalue weighted by atomic mass is 15.3. The van der Waals surface area contributed by atoms with E-state index in [-0.39, 0.29) is 55.6 Å². The molecular formula is C72H90BN3. The maximum Gasteiger partial charge on any atom is 0.252 e. The standard InChI is InChI=1S/C72H90BN3/c1-64(2,3)45-23-22-24-48(37-45)74-59-39-47(66(7,8)9)25-29-56(59)73-57-43-53-54(70(16,17)36-35-69(53,14)15)44-60(57)75(49-27-28-51-52(40-49)68(12,13)34-33-67(51,10)11)62-42-50(41-61(74)63(62)73)76-58-30-26-46(65(4,5)6)38-55(58)71(18)31-20-21-32-72(71,76)19/h22-30,37-44H,20-21,31-36H2,1-19H3. The van der Waals surface area contributed by atoms with Crippen molar-refractivity contribution in [2.75, 3.05) is 14.7 Å². The van der Waals surface area contributed by atoms with Gasteiger partial charge < -0.3 is 14.7 Å². The summed E-state index contributed by atoms with van der Waals surface area (Å²) in [6.45, 7) is 46.7. The molecule has 3 heterocycles. The van der Waals surface area contributed by atoms with Gasteiger partial charge in [-0.05, 0) is 199 Å². The molecule has 1 saturated carbocycles. The van der Waals surface area contributed by atoms with Crippen molar-refractivity contribution in [2.24, 2.45) is 0 Å². The summed E-state index contributed by atoms with van der Waals surface area (Å²) < 4.78 is 0. The van der Waals surface area contributed by atoms with Crippen LogP contribution in [0.4, 0.5) is 45.5 Å². The maximum absolute atomic E-state index is 2.87. The van der Waals surface area contributed by atoms with Gasteiger partial charge in [-0.15, -0.1) is 0 Å². The number of fused-ring (bicyclic) bond motifs is 9. The smallest absolute Gasteiger partial charge is 0.252 e. The summed E-state index contributed by atoms with van der Waals surface area (Å²) in [6, 6.07) is 43.2. The highest BCUT2D eigenvalue weighted by molar-refractivity contribution is 7.00. The molecule has 6 aromatic carbocycles. The van der Waals surface area contributed by atoms with Gasteiger partial charge in [-0.2, -0.15) is 0 Å². The van der Waals surface area contributed by atoms with E-state index in [1.807, 2.05) is 0 Å². The van der Waals surface area contributed by atoms with E-state index in [0.717, 1.165) is 6.42 Å². The van der Waals surface area contributed by atoms with Gasteiger partial charge in [-0.3, -0.25) is 0 Å². The lowest BCUT2D eigenvalue weighted by Gasteiger charge is -2.51. The third kappa shape index (κ3) is 7.46. The molecule has 6 aliphatic rings. The Kier molecular flexibility index (Phi) is 11.0. The van der Waals surface area contributed by atoms with Crippen LogP contribution in [0.1, 0.15) is 227 Å². The third-order valence-corrected chi connectivity index (χ3v) is 21.2. The first-order valence-corrected chi connectivity index (χ1v) is 29.6. The van der Waals surface area contributed by atoms with Crippen LogP contribution in [0.25, 0.3) is 0 Å². The highest BCUT2D eigenvalue weighted by Crippen LogP contribution is 2.63. The number of hydrogen-bond donors (Lipinski definition) is 0. The molecule has 76 heavy (non-hydrogen) atoms. The molecule has 3 aliphatic carbocycles. The zero-order valence-corrected chi connectivity index (χ0v) is 50.4. The molecule has 6 aromatic rings. The van der Waals surface area contributed by atoms with Crippen LogP contribution in [0.3, 0.4) is 0 Å². The van der Waals surface area contributed by atoms with Gasteiger partial charge in [0.2, 0.25) is 0 Å². The zero-order valence-electron chi connectivity index (χ0n) is 50.4. The first-order valence-electron chi connectivity index (χ1n) is 29.6. The van der Waals surface area contributed by atoms with E-state index in [4.69, 9.17) is 0 Å². The minimum absolute atomic E-state index is 0.0197. The molecule has 0 aromatic heterocycles. The Labute approximate surface area is 460 Å². The second-order valence-electron chi connectivity index (χ2n) is 31.2. The Bertz CT molecular complexity index is 3400. The molecule has 396 valence electrons. The summed E-state index contributed by atoms with van der Waals surface area (Å²) in [5.41, 5.74) is 26.5. The fourth-order valence-electron chi connectivity index (χ4n) is 15.6. The molecular weight excluding hydrogens is 918 g/mol. The average Bonchev–Trinajstić information content (AvgIpc) is 3.58. The van der Waals surface area contributed by atoms with Gasteiger partial charge in [0.05, 0.1) is 5.54 Å². The van der Waals surface area contributed by atoms with E-state index in [1.54, 1.807) is 0 Å². The van der Waals surface area contributed by atoms with Gasteiger partial charge >= 0.3 is 0 Å². The topological polar surface area (TPSA) is 9.72 Å². The number of hydrogen-bond acceptors (Lipinski definition) is 3. The average molecular weight is 1010 g/mol. The largest absolute Gasteiger partial charge is 0.334 e. The van der Waals surface area contributed by atoms with E-state index in [9.17, 15) is 0 Å². The van der Waals surface area contributed by atoms with E-state index in [2.05, 4.69) is 249 Å². The first kappa shape index (κ1) is 51.5. The Morgan fingerprint density at radius 3 is 1.47 bits per heavy atom. The minimum atomic E-state index is -0.138. The Morgan fingerprint density at radius 1 is 0.368 bits per heavy atom. The predicted octanol–water partition coefficient (Wildman–Crippen LogP) is 18.1. The summed E-state index contributed by atoms with van der Waals surface area (Å²) in [5, 5.41) is 0. The molecule has 0 spiro atoms. The molecule has 2 unspecified atom stereocenters. The molecule has 2 atom stereocenters. The van der Waals surface area contributed by atoms with Crippen LogP contribution >= 0.6 is 0 Å². The number of benzene rings is 6. The van der Waals surface area contributed by atoms with E-state index >= 15 is 0 Å². The number of rotatable bonds is 3. The molecule has 0 N–H and O–H groups in total. The third-order valence-electron chi connectivity index (χ3n) is 21.2. The van der Waals surface area contributed by atoms with Crippen LogP contribution < -0.4 is 31.1 Å². The van der Waals surface area contributed by atoms with Crippen LogP contribution in [0.5, 0.6) is 0 Å². The van der Waals surface area contributed by atoms with E-state index < -0.39 is 0 Å². The fraction of sp³-hybridized carbons (Fsp3) is 0.500. The van der Waals surface area contributed by atoms with Crippen LogP contribution in [0, 0.1) is 0 Å². The van der Waals surface area contributed by atoms with Gasteiger partial charge in [-0.25, -0.2) is 0 Å². The zero-order chi connectivity index (χ0) is 54.5. The van der Waals surface area contributed by atoms with Crippen molar-refractivity contribution in [3.63, 3.8) is 0 Å². The minimum Gasteiger partial charge on any atom is -0.334 e. The van der Waals surface area contributed by atoms with Gasteiger partial charge in [0.1, 0.15) is 0 Å². The predicted molar refractivity (Wildman–Crippen MR) is 330 cm³/mol. The summed E-state index contributed by atoms with van der Waals surface area (Å²) in [5.74, 6) is 0. The Hall–Kier alpha value is -5.22. The molecule has 0 amide bonds. The van der Waals surface area contributed by atoms with Gasteiger partial charge in [-0.1, -0.05) is 186 Å². The van der Waals surface area contributed by atoms with Crippen molar-refractivity contribution < 1.29 is 0 Å². The van der Waals surface area contributed by atoms with Gasteiger partial charge in [0.25, 0.3) is 6.71 Å². The van der Waals surface area contributed by atoms with Crippen molar-refractivity contribution in [1.29, 1.82) is 0 Å². The molecule has 1 fully saturated rings. The quantitative estimate of drug-likeness (QED) is 0.163. The molecule has 0 bridgehead atoms. The summed E-state index contributed by atoms with van der Waals surface area (Å²) in [6.07, 6.45) is 9.54. The summed E-state index contributed by atoms with van der Waals surface area (Å²) >= 11 is 0. The molecule has 0 radical (unpaired) electrons. The van der Waals surface area contributed by atoms with Crippen molar-refractivity contribution in [3.05, 3.63) is 148 Å². The lowest BCUT2D eigenvalue weighted by molar-refractivity contribution is 0.195. The molecule has 12 rings (SSSR count). The summed E-state index contributed by atoms with van der Waals surface area (Å²) in [7, 11) is 0. The number of nitrogens with zero attached hydrogens (tertiary/aromatic N) is 3. The second kappa shape index (κ2) is 16.2. The fourth-order valence-corrected chi connectivity index (χ4v) is 15.6. The highest BCUT2D eigenvalue weighted by Gasteiger charge is 2.58. The summed E-state index contributed by atoms with van der Waals surface area (Å²) in [4.78, 5) is 8.37. The van der Waals surface area contributed by atoms with Crippen molar-refractivity contribution >= 4 is 68.6 Å². The Morgan fingerprint density at radius 2 is 0.868 bits per heavy atom. The Balaban J connectivity index is 1.25. The maximum atomic E-state index is 2.87. The van der Waals surface area contributed by atoms with Gasteiger partial charge in [0, 0.05) is 50.9 Å². The van der Waals surface area contributed by atoms with E-state index in [0.29, 0.717) is 0 Å². The van der Waals surface area contributed by atoms with Crippen LogP contribution in [0.2, 0.25) is 0 Å². The van der Waals surface area contributed by atoms with Crippen LogP contribution in [-0.2, 0) is 43.3 Å². The normalized spacial score (nSPS) is 23.5. The van der Waals surface area contributed by atoms with Crippen LogP contribution in [0.15, 0.2) is 103 Å². The SMILES string of the molecule is CC(C)(C)c1cccc(N2c3cc(C(C)(C)C)ccc3B3c4cc5c(cc4N(c4ccc6c(c4)C(C)(C)CCC6(C)C)c4cc(N6c7ccc(C(C)(C)C)cc7C7(C)CCCCC67C)cc2c43)C(C)(C)CCC5(C)C)c1. The number of anilines is 8. The van der Waals surface area contributed by atoms with Crippen molar-refractivity contribution in [2.45, 2.75) is 232 Å². The molecule has 0 saturated heterocycles. The second-order valence-corrected chi connectivity index (χ2v) is 31.2. The lowest BCUT2D eigenvalue weighted by Crippen LogP contribution is -2.62. The first-order chi connectivity index (χ1) is 35.3. The molecule has 3 nitrogen and oxygen atoms in total.